The molecule has 1 aliphatic rings. The number of amides is 1. The van der Waals surface area contributed by atoms with Crippen LogP contribution in [0.15, 0.2) is 59.3 Å². The highest BCUT2D eigenvalue weighted by Crippen LogP contribution is 2.33. The Labute approximate surface area is 169 Å². The summed E-state index contributed by atoms with van der Waals surface area (Å²) < 4.78 is 4.82. The van der Waals surface area contributed by atoms with Crippen molar-refractivity contribution in [3.63, 3.8) is 0 Å². The largest absolute Gasteiger partial charge is 0.505 e. The summed E-state index contributed by atoms with van der Waals surface area (Å²) >= 11 is 0. The van der Waals surface area contributed by atoms with Crippen LogP contribution in [0.25, 0.3) is 16.9 Å². The lowest BCUT2D eigenvalue weighted by atomic mass is 9.95. The third kappa shape index (κ3) is 4.45. The molecule has 0 fully saturated rings. The van der Waals surface area contributed by atoms with Gasteiger partial charge in [-0.3, -0.25) is 14.6 Å². The van der Waals surface area contributed by atoms with Crippen LogP contribution in [-0.4, -0.2) is 41.4 Å². The summed E-state index contributed by atoms with van der Waals surface area (Å²) in [7, 11) is 0. The third-order valence-electron chi connectivity index (χ3n) is 4.44. The third-order valence-corrected chi connectivity index (χ3v) is 4.44. The first-order valence-electron chi connectivity index (χ1n) is 9.37. The highest BCUT2D eigenvalue weighted by atomic mass is 16.5. The number of hydrogen-bond donors (Lipinski definition) is 2. The number of ether oxygens (including phenoxy) is 1. The Morgan fingerprint density at radius 1 is 1.21 bits per heavy atom. The molecule has 1 heterocycles. The van der Waals surface area contributed by atoms with Gasteiger partial charge in [0.25, 0.3) is 5.91 Å². The van der Waals surface area contributed by atoms with E-state index in [2.05, 4.69) is 10.4 Å². The molecular formula is C22H23N3O4. The van der Waals surface area contributed by atoms with Gasteiger partial charge in [-0.05, 0) is 36.6 Å². The zero-order valence-corrected chi connectivity index (χ0v) is 16.4. The van der Waals surface area contributed by atoms with E-state index in [1.807, 2.05) is 42.5 Å². The van der Waals surface area contributed by atoms with Gasteiger partial charge >= 0.3 is 5.97 Å². The van der Waals surface area contributed by atoms with Gasteiger partial charge in [-0.15, -0.1) is 0 Å². The number of nitrogens with zero attached hydrogens (tertiary/aromatic N) is 2. The van der Waals surface area contributed by atoms with E-state index >= 15 is 0 Å². The maximum atomic E-state index is 12.6. The summed E-state index contributed by atoms with van der Waals surface area (Å²) in [4.78, 5) is 24.2. The van der Waals surface area contributed by atoms with E-state index in [-0.39, 0.29) is 24.6 Å². The van der Waals surface area contributed by atoms with Crippen LogP contribution < -0.4 is 5.32 Å². The van der Waals surface area contributed by atoms with Crippen LogP contribution in [0.1, 0.15) is 25.0 Å². The molecule has 0 saturated heterocycles. The number of hydrogen-bond acceptors (Lipinski definition) is 6. The van der Waals surface area contributed by atoms with E-state index in [0.29, 0.717) is 12.1 Å². The Morgan fingerprint density at radius 2 is 1.97 bits per heavy atom. The number of esters is 1. The number of aliphatic hydroxyl groups excluding tert-OH is 1. The Hall–Kier alpha value is -3.61. The molecule has 0 atom stereocenters. The van der Waals surface area contributed by atoms with Crippen molar-refractivity contribution >= 4 is 23.9 Å². The van der Waals surface area contributed by atoms with E-state index in [4.69, 9.17) is 4.74 Å². The topological polar surface area (TPSA) is 91.2 Å². The molecule has 2 N–H and O–H groups in total. The van der Waals surface area contributed by atoms with Gasteiger partial charge in [0.15, 0.2) is 11.5 Å². The molecule has 7 nitrogen and oxygen atoms in total. The summed E-state index contributed by atoms with van der Waals surface area (Å²) in [6, 6.07) is 15.6. The molecular weight excluding hydrogens is 370 g/mol. The van der Waals surface area contributed by atoms with Crippen LogP contribution in [0.3, 0.4) is 0 Å². The second-order valence-corrected chi connectivity index (χ2v) is 6.35. The number of fused-ring (bicyclic) bond motifs is 1. The molecule has 0 unspecified atom stereocenters. The van der Waals surface area contributed by atoms with Gasteiger partial charge in [-0.1, -0.05) is 42.5 Å². The van der Waals surface area contributed by atoms with Crippen LogP contribution in [0.5, 0.6) is 0 Å². The Balaban J connectivity index is 1.94. The smallest absolute Gasteiger partial charge is 0.325 e. The van der Waals surface area contributed by atoms with E-state index in [0.717, 1.165) is 16.7 Å². The summed E-state index contributed by atoms with van der Waals surface area (Å²) in [5.74, 6) is -1.33. The summed E-state index contributed by atoms with van der Waals surface area (Å²) in [5, 5.41) is 18.9. The minimum absolute atomic E-state index is 0.00707. The van der Waals surface area contributed by atoms with Crippen molar-refractivity contribution in [3.05, 3.63) is 65.4 Å². The molecule has 0 bridgehead atoms. The Bertz CT molecular complexity index is 967. The average molecular weight is 393 g/mol. The van der Waals surface area contributed by atoms with E-state index in [9.17, 15) is 14.7 Å². The first-order chi connectivity index (χ1) is 14.0. The highest BCUT2D eigenvalue weighted by molar-refractivity contribution is 6.01. The van der Waals surface area contributed by atoms with E-state index in [1.165, 1.54) is 11.2 Å². The molecule has 1 amide bonds. The molecule has 0 saturated carbocycles. The van der Waals surface area contributed by atoms with Crippen molar-refractivity contribution < 1.29 is 19.4 Å². The zero-order chi connectivity index (χ0) is 20.8. The van der Waals surface area contributed by atoms with Crippen molar-refractivity contribution in [1.29, 1.82) is 0 Å². The standard InChI is InChI=1S/C22H23N3O4/c1-3-24-25-14-17-12-16(15-8-6-5-7-9-15)10-11-18(17)21(27)20(25)22(28)23-13-19(26)29-4-2/h3,5-12,27H,4,13-14H2,1-2H3,(H,23,28)/b24-3-. The molecule has 7 heteroatoms. The van der Waals surface area contributed by atoms with Crippen molar-refractivity contribution in [3.8, 4) is 11.1 Å². The predicted molar refractivity (Wildman–Crippen MR) is 111 cm³/mol. The quantitative estimate of drug-likeness (QED) is 0.581. The molecule has 0 spiro atoms. The van der Waals surface area contributed by atoms with Crippen molar-refractivity contribution in [1.82, 2.24) is 10.3 Å². The summed E-state index contributed by atoms with van der Waals surface area (Å²) in [6.07, 6.45) is 1.54. The second-order valence-electron chi connectivity index (χ2n) is 6.35. The van der Waals surface area contributed by atoms with Crippen LogP contribution in [0.4, 0.5) is 0 Å². The molecule has 29 heavy (non-hydrogen) atoms. The van der Waals surface area contributed by atoms with Gasteiger partial charge in [0.1, 0.15) is 6.54 Å². The van der Waals surface area contributed by atoms with Crippen LogP contribution in [0.2, 0.25) is 0 Å². The summed E-state index contributed by atoms with van der Waals surface area (Å²) in [6.45, 7) is 3.67. The minimum Gasteiger partial charge on any atom is -0.505 e. The lowest BCUT2D eigenvalue weighted by molar-refractivity contribution is -0.143. The van der Waals surface area contributed by atoms with Crippen molar-refractivity contribution in [2.45, 2.75) is 20.4 Å². The van der Waals surface area contributed by atoms with Crippen LogP contribution in [-0.2, 0) is 20.9 Å². The lowest BCUT2D eigenvalue weighted by Gasteiger charge is -2.28. The number of carbonyl (C=O) groups is 2. The van der Waals surface area contributed by atoms with Crippen molar-refractivity contribution in [2.24, 2.45) is 5.10 Å². The molecule has 0 radical (unpaired) electrons. The SMILES string of the molecule is C/C=N\N1Cc2cc(-c3ccccc3)ccc2C(O)=C1C(=O)NCC(=O)OCC. The van der Waals surface area contributed by atoms with Gasteiger partial charge < -0.3 is 15.2 Å². The zero-order valence-electron chi connectivity index (χ0n) is 16.4. The predicted octanol–water partition coefficient (Wildman–Crippen LogP) is 3.08. The fourth-order valence-electron chi connectivity index (χ4n) is 3.17. The molecule has 2 aromatic rings. The number of rotatable bonds is 6. The number of benzene rings is 2. The Morgan fingerprint density at radius 3 is 2.66 bits per heavy atom. The van der Waals surface area contributed by atoms with Gasteiger partial charge in [0, 0.05) is 11.8 Å². The molecule has 0 aliphatic carbocycles. The molecule has 2 aromatic carbocycles. The molecule has 0 aromatic heterocycles. The van der Waals surface area contributed by atoms with Gasteiger partial charge in [0.05, 0.1) is 13.2 Å². The van der Waals surface area contributed by atoms with E-state index in [1.54, 1.807) is 19.9 Å². The Kier molecular flexibility index (Phi) is 6.29. The molecule has 1 aliphatic heterocycles. The fourth-order valence-corrected chi connectivity index (χ4v) is 3.17. The number of nitrogens with one attached hydrogen (secondary N) is 1. The number of hydrazone groups is 1. The number of carbonyl (C=O) groups excluding carboxylic acids is 2. The van der Waals surface area contributed by atoms with Gasteiger partial charge in [-0.2, -0.15) is 5.10 Å². The average Bonchev–Trinajstić information content (AvgIpc) is 2.73. The van der Waals surface area contributed by atoms with Crippen molar-refractivity contribution in [2.75, 3.05) is 13.2 Å². The lowest BCUT2D eigenvalue weighted by Crippen LogP contribution is -2.38. The maximum absolute atomic E-state index is 12.6. The molecule has 150 valence electrons. The highest BCUT2D eigenvalue weighted by Gasteiger charge is 2.30. The normalized spacial score (nSPS) is 13.4. The van der Waals surface area contributed by atoms with E-state index < -0.39 is 11.9 Å². The van der Waals surface area contributed by atoms with Gasteiger partial charge in [-0.25, -0.2) is 0 Å². The first kappa shape index (κ1) is 20.1. The first-order valence-corrected chi connectivity index (χ1v) is 9.37. The minimum atomic E-state index is -0.598. The fraction of sp³-hybridized carbons (Fsp3) is 0.227. The van der Waals surface area contributed by atoms with Crippen LogP contribution >= 0.6 is 0 Å². The van der Waals surface area contributed by atoms with Gasteiger partial charge in [0.2, 0.25) is 0 Å². The monoisotopic (exact) mass is 393 g/mol. The maximum Gasteiger partial charge on any atom is 0.325 e. The summed E-state index contributed by atoms with van der Waals surface area (Å²) in [5.41, 5.74) is 3.47. The number of aliphatic hydroxyl groups is 1. The second kappa shape index (κ2) is 9.05. The molecule has 3 rings (SSSR count). The van der Waals surface area contributed by atoms with Crippen LogP contribution in [0, 0.1) is 0 Å².